The zero-order valence-corrected chi connectivity index (χ0v) is 12.1. The van der Waals surface area contributed by atoms with Crippen molar-refractivity contribution in [2.75, 3.05) is 31.1 Å². The quantitative estimate of drug-likeness (QED) is 0.876. The van der Waals surface area contributed by atoms with Gasteiger partial charge in [0.1, 0.15) is 10.7 Å². The van der Waals surface area contributed by atoms with Gasteiger partial charge in [-0.05, 0) is 31.4 Å². The molecule has 6 nitrogen and oxygen atoms in total. The Balaban J connectivity index is 1.79. The molecular formula is C13H19N3O3S. The molecule has 7 heteroatoms. The topological polar surface area (TPSA) is 73.7 Å². The summed E-state index contributed by atoms with van der Waals surface area (Å²) in [6.07, 6.45) is 3.69. The monoisotopic (exact) mass is 297 g/mol. The summed E-state index contributed by atoms with van der Waals surface area (Å²) < 4.78 is 26.2. The largest absolute Gasteiger partial charge is 0.391 e. The minimum atomic E-state index is -3.39. The summed E-state index contributed by atoms with van der Waals surface area (Å²) in [5.74, 6) is 0.724. The Kier molecular flexibility index (Phi) is 3.66. The molecule has 0 bridgehead atoms. The van der Waals surface area contributed by atoms with Gasteiger partial charge in [-0.15, -0.1) is 0 Å². The van der Waals surface area contributed by atoms with Crippen molar-refractivity contribution in [3.8, 4) is 0 Å². The Labute approximate surface area is 119 Å². The molecule has 1 aromatic heterocycles. The maximum atomic E-state index is 12.4. The van der Waals surface area contributed by atoms with E-state index in [1.165, 1.54) is 10.5 Å². The summed E-state index contributed by atoms with van der Waals surface area (Å²) in [5, 5.41) is 9.52. The van der Waals surface area contributed by atoms with E-state index in [-0.39, 0.29) is 11.0 Å². The molecule has 1 aromatic rings. The van der Waals surface area contributed by atoms with Gasteiger partial charge in [-0.1, -0.05) is 0 Å². The first-order chi connectivity index (χ1) is 9.57. The molecule has 2 aliphatic rings. The maximum absolute atomic E-state index is 12.4. The molecule has 110 valence electrons. The molecule has 0 radical (unpaired) electrons. The zero-order valence-electron chi connectivity index (χ0n) is 11.3. The highest BCUT2D eigenvalue weighted by atomic mass is 32.2. The van der Waals surface area contributed by atoms with Crippen LogP contribution in [0.15, 0.2) is 23.2 Å². The van der Waals surface area contributed by atoms with E-state index in [1.54, 1.807) is 12.1 Å². The molecule has 3 heterocycles. The van der Waals surface area contributed by atoms with Crippen LogP contribution in [0.2, 0.25) is 0 Å². The van der Waals surface area contributed by atoms with Crippen molar-refractivity contribution in [2.24, 2.45) is 0 Å². The number of nitrogens with zero attached hydrogens (tertiary/aromatic N) is 3. The van der Waals surface area contributed by atoms with Crippen LogP contribution in [0.4, 0.5) is 5.82 Å². The van der Waals surface area contributed by atoms with Crippen molar-refractivity contribution in [1.29, 1.82) is 0 Å². The molecule has 0 aliphatic carbocycles. The van der Waals surface area contributed by atoms with E-state index in [9.17, 15) is 13.5 Å². The van der Waals surface area contributed by atoms with Crippen LogP contribution in [0, 0.1) is 0 Å². The maximum Gasteiger partial charge on any atom is 0.244 e. The van der Waals surface area contributed by atoms with Gasteiger partial charge in [0, 0.05) is 32.4 Å². The van der Waals surface area contributed by atoms with Crippen molar-refractivity contribution in [3.05, 3.63) is 18.3 Å². The van der Waals surface area contributed by atoms with E-state index in [0.29, 0.717) is 19.6 Å². The van der Waals surface area contributed by atoms with Gasteiger partial charge in [0.15, 0.2) is 0 Å². The molecule has 1 N–H and O–H groups in total. The number of pyridine rings is 1. The van der Waals surface area contributed by atoms with E-state index < -0.39 is 10.0 Å². The third-order valence-electron chi connectivity index (χ3n) is 3.91. The van der Waals surface area contributed by atoms with E-state index >= 15 is 0 Å². The summed E-state index contributed by atoms with van der Waals surface area (Å²) in [5.41, 5.74) is 0. The van der Waals surface area contributed by atoms with Gasteiger partial charge < -0.3 is 10.0 Å². The van der Waals surface area contributed by atoms with Crippen LogP contribution in [0.3, 0.4) is 0 Å². The number of hydrogen-bond acceptors (Lipinski definition) is 5. The number of aliphatic hydroxyl groups is 1. The standard InChI is InChI=1S/C13H19N3O3S/c17-11-5-8-15(10-11)13-4-3-12(9-14-13)20(18,19)16-6-1-2-7-16/h3-4,9,11,17H,1-2,5-8,10H2/t11-/m0/s1. The molecule has 2 fully saturated rings. The molecule has 0 spiro atoms. The summed E-state index contributed by atoms with van der Waals surface area (Å²) in [4.78, 5) is 6.46. The van der Waals surface area contributed by atoms with Gasteiger partial charge in [-0.25, -0.2) is 13.4 Å². The molecule has 1 atom stereocenters. The summed E-state index contributed by atoms with van der Waals surface area (Å²) in [6, 6.07) is 3.34. The fraction of sp³-hybridized carbons (Fsp3) is 0.615. The van der Waals surface area contributed by atoms with Crippen LogP contribution in [-0.2, 0) is 10.0 Å². The highest BCUT2D eigenvalue weighted by Gasteiger charge is 2.28. The first-order valence-electron chi connectivity index (χ1n) is 6.96. The fourth-order valence-electron chi connectivity index (χ4n) is 2.74. The minimum Gasteiger partial charge on any atom is -0.391 e. The van der Waals surface area contributed by atoms with E-state index in [4.69, 9.17) is 0 Å². The second-order valence-electron chi connectivity index (χ2n) is 5.35. The predicted molar refractivity (Wildman–Crippen MR) is 75.1 cm³/mol. The smallest absolute Gasteiger partial charge is 0.244 e. The number of rotatable bonds is 3. The van der Waals surface area contributed by atoms with Gasteiger partial charge >= 0.3 is 0 Å². The Morgan fingerprint density at radius 3 is 2.50 bits per heavy atom. The van der Waals surface area contributed by atoms with Gasteiger partial charge in [-0.2, -0.15) is 4.31 Å². The predicted octanol–water partition coefficient (Wildman–Crippen LogP) is 0.437. The first-order valence-corrected chi connectivity index (χ1v) is 8.40. The normalized spacial score (nSPS) is 24.4. The lowest BCUT2D eigenvalue weighted by atomic mass is 10.3. The Bertz CT molecular complexity index is 567. The van der Waals surface area contributed by atoms with Crippen LogP contribution < -0.4 is 4.90 Å². The van der Waals surface area contributed by atoms with Crippen LogP contribution in [0.1, 0.15) is 19.3 Å². The molecule has 0 unspecified atom stereocenters. The number of aliphatic hydroxyl groups excluding tert-OH is 1. The minimum absolute atomic E-state index is 0.253. The van der Waals surface area contributed by atoms with Gasteiger partial charge in [0.05, 0.1) is 6.10 Å². The van der Waals surface area contributed by atoms with Crippen molar-refractivity contribution in [3.63, 3.8) is 0 Å². The SMILES string of the molecule is O=S(=O)(c1ccc(N2CC[C@H](O)C2)nc1)N1CCCC1. The van der Waals surface area contributed by atoms with Gasteiger partial charge in [-0.3, -0.25) is 0 Å². The number of hydrogen-bond donors (Lipinski definition) is 1. The Morgan fingerprint density at radius 2 is 1.95 bits per heavy atom. The van der Waals surface area contributed by atoms with E-state index in [1.807, 2.05) is 4.90 Å². The molecule has 0 saturated carbocycles. The third-order valence-corrected chi connectivity index (χ3v) is 5.79. The highest BCUT2D eigenvalue weighted by molar-refractivity contribution is 7.89. The Hall–Kier alpha value is -1.18. The lowest BCUT2D eigenvalue weighted by Crippen LogP contribution is -2.28. The molecule has 0 aromatic carbocycles. The highest BCUT2D eigenvalue weighted by Crippen LogP contribution is 2.23. The van der Waals surface area contributed by atoms with Gasteiger partial charge in [0.2, 0.25) is 10.0 Å². The lowest BCUT2D eigenvalue weighted by Gasteiger charge is -2.18. The molecular weight excluding hydrogens is 278 g/mol. The number of β-amino-alcohol motifs (C(OH)–C–C–N with tert-alkyl or cyclic N) is 1. The molecule has 2 aliphatic heterocycles. The summed E-state index contributed by atoms with van der Waals surface area (Å²) >= 11 is 0. The average molecular weight is 297 g/mol. The first kappa shape index (κ1) is 13.8. The molecule has 2 saturated heterocycles. The lowest BCUT2D eigenvalue weighted by molar-refractivity contribution is 0.198. The zero-order chi connectivity index (χ0) is 14.2. The number of sulfonamides is 1. The average Bonchev–Trinajstić information content (AvgIpc) is 3.10. The number of anilines is 1. The van der Waals surface area contributed by atoms with Crippen LogP contribution in [0.5, 0.6) is 0 Å². The molecule has 3 rings (SSSR count). The van der Waals surface area contributed by atoms with Gasteiger partial charge in [0.25, 0.3) is 0 Å². The van der Waals surface area contributed by atoms with E-state index in [0.717, 1.165) is 31.6 Å². The number of aromatic nitrogens is 1. The summed E-state index contributed by atoms with van der Waals surface area (Å²) in [7, 11) is -3.39. The van der Waals surface area contributed by atoms with Crippen LogP contribution in [0.25, 0.3) is 0 Å². The molecule has 0 amide bonds. The van der Waals surface area contributed by atoms with Crippen molar-refractivity contribution >= 4 is 15.8 Å². The second-order valence-corrected chi connectivity index (χ2v) is 7.29. The van der Waals surface area contributed by atoms with E-state index in [2.05, 4.69) is 4.98 Å². The van der Waals surface area contributed by atoms with Crippen molar-refractivity contribution < 1.29 is 13.5 Å². The van der Waals surface area contributed by atoms with Crippen LogP contribution in [-0.4, -0.2) is 55.1 Å². The summed E-state index contributed by atoms with van der Waals surface area (Å²) in [6.45, 7) is 2.52. The Morgan fingerprint density at radius 1 is 1.20 bits per heavy atom. The van der Waals surface area contributed by atoms with Crippen molar-refractivity contribution in [1.82, 2.24) is 9.29 Å². The molecule has 20 heavy (non-hydrogen) atoms. The van der Waals surface area contributed by atoms with Crippen molar-refractivity contribution in [2.45, 2.75) is 30.3 Å². The fourth-order valence-corrected chi connectivity index (χ4v) is 4.20. The van der Waals surface area contributed by atoms with Crippen LogP contribution >= 0.6 is 0 Å². The second kappa shape index (κ2) is 5.31. The third kappa shape index (κ3) is 2.53.